The van der Waals surface area contributed by atoms with Gasteiger partial charge >= 0.3 is 0 Å². The lowest BCUT2D eigenvalue weighted by Crippen LogP contribution is -2.13. The first-order valence-electron chi connectivity index (χ1n) is 9.14. The van der Waals surface area contributed by atoms with Crippen molar-refractivity contribution in [1.29, 1.82) is 0 Å². The number of hydrogen-bond acceptors (Lipinski definition) is 6. The summed E-state index contributed by atoms with van der Waals surface area (Å²) in [6, 6.07) is 11.7. The van der Waals surface area contributed by atoms with Crippen LogP contribution in [-0.4, -0.2) is 21.9 Å². The Hall–Kier alpha value is -2.87. The zero-order valence-electron chi connectivity index (χ0n) is 16.4. The number of carbonyl (C=O) groups is 1. The van der Waals surface area contributed by atoms with Gasteiger partial charge in [-0.3, -0.25) is 4.79 Å². The molecule has 8 heteroatoms. The van der Waals surface area contributed by atoms with E-state index in [1.807, 2.05) is 13.0 Å². The van der Waals surface area contributed by atoms with Gasteiger partial charge in [-0.1, -0.05) is 37.7 Å². The number of halogens is 1. The number of ether oxygens (including phenoxy) is 1. The van der Waals surface area contributed by atoms with Crippen molar-refractivity contribution in [3.63, 3.8) is 0 Å². The summed E-state index contributed by atoms with van der Waals surface area (Å²) >= 11 is 1.12. The van der Waals surface area contributed by atoms with Gasteiger partial charge in [0.1, 0.15) is 11.6 Å². The van der Waals surface area contributed by atoms with Gasteiger partial charge in [-0.15, -0.1) is 10.2 Å². The zero-order chi connectivity index (χ0) is 20.8. The van der Waals surface area contributed by atoms with E-state index in [9.17, 15) is 9.18 Å². The number of anilines is 1. The summed E-state index contributed by atoms with van der Waals surface area (Å²) in [4.78, 5) is 12.0. The smallest absolute Gasteiger partial charge is 0.277 e. The third kappa shape index (κ3) is 6.05. The Morgan fingerprint density at radius 1 is 1.21 bits per heavy atom. The van der Waals surface area contributed by atoms with Crippen molar-refractivity contribution in [3.05, 3.63) is 65.3 Å². The lowest BCUT2D eigenvalue weighted by Gasteiger charge is -2.13. The van der Waals surface area contributed by atoms with Gasteiger partial charge in [0.25, 0.3) is 11.1 Å². The predicted octanol–water partition coefficient (Wildman–Crippen LogP) is 4.95. The Balaban J connectivity index is 1.51. The van der Waals surface area contributed by atoms with Crippen LogP contribution in [0.25, 0.3) is 0 Å². The molecule has 6 nitrogen and oxygen atoms in total. The molecule has 0 spiro atoms. The second-order valence-electron chi connectivity index (χ2n) is 6.79. The molecule has 0 aliphatic carbocycles. The van der Waals surface area contributed by atoms with Crippen molar-refractivity contribution in [1.82, 2.24) is 10.2 Å². The van der Waals surface area contributed by atoms with E-state index >= 15 is 0 Å². The van der Waals surface area contributed by atoms with Crippen LogP contribution < -0.4 is 10.1 Å². The highest BCUT2D eigenvalue weighted by Gasteiger charge is 2.13. The summed E-state index contributed by atoms with van der Waals surface area (Å²) < 4.78 is 24.3. The second-order valence-corrected chi connectivity index (χ2v) is 7.72. The van der Waals surface area contributed by atoms with Crippen LogP contribution in [0.3, 0.4) is 0 Å². The molecule has 1 heterocycles. The van der Waals surface area contributed by atoms with Gasteiger partial charge in [-0.2, -0.15) is 0 Å². The van der Waals surface area contributed by atoms with Crippen molar-refractivity contribution in [2.45, 2.75) is 38.5 Å². The third-order valence-corrected chi connectivity index (χ3v) is 4.86. The molecule has 1 amide bonds. The van der Waals surface area contributed by atoms with Crippen LogP contribution in [0.4, 0.5) is 10.1 Å². The molecule has 0 atom stereocenters. The summed E-state index contributed by atoms with van der Waals surface area (Å²) in [6.45, 7) is 6.37. The normalized spacial score (nSPS) is 10.9. The number of nitrogens with one attached hydrogen (secondary N) is 1. The second kappa shape index (κ2) is 9.56. The highest BCUT2D eigenvalue weighted by atomic mass is 32.2. The zero-order valence-corrected chi connectivity index (χ0v) is 17.3. The molecular weight excluding hydrogens is 393 g/mol. The maximum absolute atomic E-state index is 12.9. The number of hydrogen-bond donors (Lipinski definition) is 1. The number of benzene rings is 2. The van der Waals surface area contributed by atoms with Gasteiger partial charge in [-0.25, -0.2) is 4.39 Å². The predicted molar refractivity (Wildman–Crippen MR) is 110 cm³/mol. The fourth-order valence-corrected chi connectivity index (χ4v) is 3.18. The minimum absolute atomic E-state index is 0.0925. The number of rotatable bonds is 8. The molecule has 0 radical (unpaired) electrons. The molecule has 3 rings (SSSR count). The van der Waals surface area contributed by atoms with Crippen molar-refractivity contribution in [2.24, 2.45) is 0 Å². The lowest BCUT2D eigenvalue weighted by atomic mass is 10.0. The average molecular weight is 415 g/mol. The lowest BCUT2D eigenvalue weighted by molar-refractivity contribution is -0.113. The highest BCUT2D eigenvalue weighted by molar-refractivity contribution is 7.99. The van der Waals surface area contributed by atoms with Gasteiger partial charge in [0.15, 0.2) is 6.61 Å². The van der Waals surface area contributed by atoms with Gasteiger partial charge in [-0.05, 0) is 54.3 Å². The molecule has 0 fully saturated rings. The molecule has 0 saturated heterocycles. The SMILES string of the molecule is Cc1ccc(C(C)C)c(OCc2nnc(SCC(=O)Nc3ccc(F)cc3)o2)c1. The topological polar surface area (TPSA) is 77.2 Å². The fraction of sp³-hybridized carbons (Fsp3) is 0.286. The largest absolute Gasteiger partial charge is 0.484 e. The minimum atomic E-state index is -0.357. The van der Waals surface area contributed by atoms with Crippen LogP contribution in [0.5, 0.6) is 5.75 Å². The number of aromatic nitrogens is 2. The molecule has 152 valence electrons. The Labute approximate surface area is 172 Å². The number of aryl methyl sites for hydroxylation is 1. The van der Waals surface area contributed by atoms with Crippen molar-refractivity contribution in [3.8, 4) is 5.75 Å². The van der Waals surface area contributed by atoms with Crippen molar-refractivity contribution < 1.29 is 18.3 Å². The molecule has 1 N–H and O–H groups in total. The van der Waals surface area contributed by atoms with Crippen LogP contribution in [0, 0.1) is 12.7 Å². The Kier molecular flexibility index (Phi) is 6.87. The molecule has 0 bridgehead atoms. The van der Waals surface area contributed by atoms with Crippen LogP contribution >= 0.6 is 11.8 Å². The van der Waals surface area contributed by atoms with Crippen LogP contribution in [0.15, 0.2) is 52.1 Å². The summed E-state index contributed by atoms with van der Waals surface area (Å²) in [5.74, 6) is 0.950. The monoisotopic (exact) mass is 415 g/mol. The van der Waals surface area contributed by atoms with Gasteiger partial charge in [0.05, 0.1) is 5.75 Å². The van der Waals surface area contributed by atoms with E-state index in [-0.39, 0.29) is 29.3 Å². The molecule has 1 aromatic heterocycles. The molecule has 0 unspecified atom stereocenters. The first-order valence-corrected chi connectivity index (χ1v) is 10.1. The van der Waals surface area contributed by atoms with E-state index in [2.05, 4.69) is 41.5 Å². The van der Waals surface area contributed by atoms with E-state index in [1.165, 1.54) is 24.3 Å². The quantitative estimate of drug-likeness (QED) is 0.525. The Morgan fingerprint density at radius 3 is 2.69 bits per heavy atom. The van der Waals surface area contributed by atoms with Crippen molar-refractivity contribution >= 4 is 23.4 Å². The number of amides is 1. The first kappa shape index (κ1) is 20.9. The summed E-state index contributed by atoms with van der Waals surface area (Å²) in [6.07, 6.45) is 0. The molecule has 3 aromatic rings. The van der Waals surface area contributed by atoms with Gasteiger partial charge in [0, 0.05) is 5.69 Å². The van der Waals surface area contributed by atoms with E-state index in [0.717, 1.165) is 28.6 Å². The van der Waals surface area contributed by atoms with Gasteiger partial charge in [0.2, 0.25) is 5.91 Å². The summed E-state index contributed by atoms with van der Waals surface area (Å²) in [5, 5.41) is 10.9. The fourth-order valence-electron chi connectivity index (χ4n) is 2.60. The first-order chi connectivity index (χ1) is 13.9. The van der Waals surface area contributed by atoms with E-state index < -0.39 is 0 Å². The summed E-state index contributed by atoms with van der Waals surface area (Å²) in [7, 11) is 0. The average Bonchev–Trinajstić information content (AvgIpc) is 3.14. The number of carbonyl (C=O) groups excluding carboxylic acids is 1. The summed E-state index contributed by atoms with van der Waals surface area (Å²) in [5.41, 5.74) is 2.75. The molecule has 29 heavy (non-hydrogen) atoms. The Bertz CT molecular complexity index is 974. The molecule has 0 aliphatic heterocycles. The van der Waals surface area contributed by atoms with Gasteiger partial charge < -0.3 is 14.5 Å². The van der Waals surface area contributed by atoms with Crippen LogP contribution in [0.1, 0.15) is 36.8 Å². The van der Waals surface area contributed by atoms with E-state index in [4.69, 9.17) is 9.15 Å². The number of thioether (sulfide) groups is 1. The maximum atomic E-state index is 12.9. The van der Waals surface area contributed by atoms with Crippen LogP contribution in [-0.2, 0) is 11.4 Å². The standard InChI is InChI=1S/C21H22FN3O3S/c1-13(2)17-9-4-14(3)10-18(17)27-11-20-24-25-21(28-20)29-12-19(26)23-16-7-5-15(22)6-8-16/h4-10,13H,11-12H2,1-3H3,(H,23,26). The molecule has 0 aliphatic rings. The van der Waals surface area contributed by atoms with Crippen LogP contribution in [0.2, 0.25) is 0 Å². The highest BCUT2D eigenvalue weighted by Crippen LogP contribution is 2.28. The van der Waals surface area contributed by atoms with E-state index in [1.54, 1.807) is 0 Å². The maximum Gasteiger partial charge on any atom is 0.277 e. The van der Waals surface area contributed by atoms with E-state index in [0.29, 0.717) is 17.5 Å². The van der Waals surface area contributed by atoms with Crippen molar-refractivity contribution in [2.75, 3.05) is 11.1 Å². The Morgan fingerprint density at radius 2 is 1.97 bits per heavy atom. The third-order valence-electron chi connectivity index (χ3n) is 4.05. The number of nitrogens with zero attached hydrogens (tertiary/aromatic N) is 2. The molecular formula is C21H22FN3O3S. The molecule has 2 aromatic carbocycles. The minimum Gasteiger partial charge on any atom is -0.484 e. The molecule has 0 saturated carbocycles.